The first-order valence-corrected chi connectivity index (χ1v) is 7.55. The Morgan fingerprint density at radius 3 is 2.65 bits per heavy atom. The van der Waals surface area contributed by atoms with Gasteiger partial charge in [-0.15, -0.1) is 0 Å². The van der Waals surface area contributed by atoms with E-state index in [-0.39, 0.29) is 0 Å². The molecule has 0 heterocycles. The lowest BCUT2D eigenvalue weighted by Gasteiger charge is -2.29. The van der Waals surface area contributed by atoms with Crippen molar-refractivity contribution in [3.63, 3.8) is 0 Å². The van der Waals surface area contributed by atoms with E-state index in [2.05, 4.69) is 34.2 Å². The molecule has 1 atom stereocenters. The first-order valence-electron chi connectivity index (χ1n) is 6.38. The van der Waals surface area contributed by atoms with E-state index in [1.807, 2.05) is 12.1 Å². The molecule has 1 aromatic rings. The fraction of sp³-hybridized carbons (Fsp3) is 0.571. The molecule has 1 fully saturated rings. The minimum Gasteiger partial charge on any atom is -0.382 e. The molecule has 0 amide bonds. The van der Waals surface area contributed by atoms with Gasteiger partial charge in [-0.1, -0.05) is 30.9 Å². The molecule has 1 aliphatic rings. The molecule has 1 unspecified atom stereocenters. The highest BCUT2D eigenvalue weighted by molar-refractivity contribution is 9.10. The Hall–Kier alpha value is -0.210. The standard InChI is InChI=1S/C14H19BrClN/c1-10(11-5-3-2-4-6-11)17-12-7-8-13(15)14(16)9-12/h7-11,17H,2-6H2,1H3. The van der Waals surface area contributed by atoms with Gasteiger partial charge in [0.05, 0.1) is 5.02 Å². The summed E-state index contributed by atoms with van der Waals surface area (Å²) in [6.45, 7) is 2.28. The van der Waals surface area contributed by atoms with Gasteiger partial charge >= 0.3 is 0 Å². The number of hydrogen-bond acceptors (Lipinski definition) is 1. The van der Waals surface area contributed by atoms with E-state index >= 15 is 0 Å². The van der Waals surface area contributed by atoms with Crippen LogP contribution in [0.1, 0.15) is 39.0 Å². The second-order valence-electron chi connectivity index (χ2n) is 4.96. The van der Waals surface area contributed by atoms with Crippen LogP contribution in [-0.2, 0) is 0 Å². The molecule has 1 aliphatic carbocycles. The molecule has 2 rings (SSSR count). The summed E-state index contributed by atoms with van der Waals surface area (Å²) >= 11 is 9.51. The molecular weight excluding hydrogens is 298 g/mol. The van der Waals surface area contributed by atoms with Gasteiger partial charge in [-0.3, -0.25) is 0 Å². The summed E-state index contributed by atoms with van der Waals surface area (Å²) in [5.74, 6) is 0.811. The minimum atomic E-state index is 0.535. The molecule has 0 aliphatic heterocycles. The number of benzene rings is 1. The molecule has 1 aromatic carbocycles. The largest absolute Gasteiger partial charge is 0.382 e. The van der Waals surface area contributed by atoms with Crippen LogP contribution in [-0.4, -0.2) is 6.04 Å². The molecule has 0 spiro atoms. The Kier molecular flexibility index (Phi) is 4.75. The van der Waals surface area contributed by atoms with Crippen LogP contribution in [0.4, 0.5) is 5.69 Å². The van der Waals surface area contributed by atoms with Crippen LogP contribution in [0.15, 0.2) is 22.7 Å². The van der Waals surface area contributed by atoms with Crippen LogP contribution >= 0.6 is 27.5 Å². The molecule has 0 aromatic heterocycles. The van der Waals surface area contributed by atoms with Crippen LogP contribution < -0.4 is 5.32 Å². The van der Waals surface area contributed by atoms with Gasteiger partial charge in [0, 0.05) is 16.2 Å². The van der Waals surface area contributed by atoms with Crippen molar-refractivity contribution in [3.8, 4) is 0 Å². The Balaban J connectivity index is 1.96. The molecule has 3 heteroatoms. The van der Waals surface area contributed by atoms with E-state index in [4.69, 9.17) is 11.6 Å². The minimum absolute atomic E-state index is 0.535. The number of halogens is 2. The predicted octanol–water partition coefficient (Wildman–Crippen LogP) is 5.48. The number of nitrogens with one attached hydrogen (secondary N) is 1. The maximum absolute atomic E-state index is 6.10. The van der Waals surface area contributed by atoms with Crippen LogP contribution in [0.25, 0.3) is 0 Å². The van der Waals surface area contributed by atoms with Crippen LogP contribution in [0.2, 0.25) is 5.02 Å². The first-order chi connectivity index (χ1) is 8.16. The highest BCUT2D eigenvalue weighted by Gasteiger charge is 2.19. The third-order valence-corrected chi connectivity index (χ3v) is 4.90. The number of hydrogen-bond donors (Lipinski definition) is 1. The van der Waals surface area contributed by atoms with E-state index in [1.165, 1.54) is 32.1 Å². The molecular formula is C14H19BrClN. The van der Waals surface area contributed by atoms with Crippen LogP contribution in [0.5, 0.6) is 0 Å². The molecule has 1 nitrogen and oxygen atoms in total. The van der Waals surface area contributed by atoms with Crippen molar-refractivity contribution < 1.29 is 0 Å². The highest BCUT2D eigenvalue weighted by Crippen LogP contribution is 2.30. The quantitative estimate of drug-likeness (QED) is 0.778. The number of rotatable bonds is 3. The molecule has 1 saturated carbocycles. The Morgan fingerprint density at radius 2 is 2.00 bits per heavy atom. The fourth-order valence-corrected chi connectivity index (χ4v) is 3.03. The Bertz CT molecular complexity index is 374. The van der Waals surface area contributed by atoms with Crippen molar-refractivity contribution in [1.82, 2.24) is 0 Å². The third-order valence-electron chi connectivity index (χ3n) is 3.67. The molecule has 94 valence electrons. The topological polar surface area (TPSA) is 12.0 Å². The maximum atomic E-state index is 6.10. The van der Waals surface area contributed by atoms with Gasteiger partial charge in [-0.05, 0) is 59.8 Å². The van der Waals surface area contributed by atoms with Gasteiger partial charge in [-0.25, -0.2) is 0 Å². The van der Waals surface area contributed by atoms with Gasteiger partial charge in [-0.2, -0.15) is 0 Å². The van der Waals surface area contributed by atoms with Gasteiger partial charge in [0.2, 0.25) is 0 Å². The average Bonchev–Trinajstić information content (AvgIpc) is 2.35. The lowest BCUT2D eigenvalue weighted by Crippen LogP contribution is -2.27. The smallest absolute Gasteiger partial charge is 0.0568 e. The zero-order chi connectivity index (χ0) is 12.3. The van der Waals surface area contributed by atoms with Crippen molar-refractivity contribution in [3.05, 3.63) is 27.7 Å². The van der Waals surface area contributed by atoms with E-state index in [9.17, 15) is 0 Å². The van der Waals surface area contributed by atoms with E-state index in [1.54, 1.807) is 0 Å². The zero-order valence-electron chi connectivity index (χ0n) is 10.2. The summed E-state index contributed by atoms with van der Waals surface area (Å²) < 4.78 is 0.954. The normalized spacial score (nSPS) is 19.0. The molecule has 17 heavy (non-hydrogen) atoms. The van der Waals surface area contributed by atoms with Crippen molar-refractivity contribution in [2.24, 2.45) is 5.92 Å². The van der Waals surface area contributed by atoms with Crippen molar-refractivity contribution in [1.29, 1.82) is 0 Å². The van der Waals surface area contributed by atoms with Gasteiger partial charge < -0.3 is 5.32 Å². The maximum Gasteiger partial charge on any atom is 0.0568 e. The van der Waals surface area contributed by atoms with E-state index in [0.717, 1.165) is 21.1 Å². The van der Waals surface area contributed by atoms with Crippen molar-refractivity contribution in [2.75, 3.05) is 5.32 Å². The van der Waals surface area contributed by atoms with E-state index < -0.39 is 0 Å². The van der Waals surface area contributed by atoms with Gasteiger partial charge in [0.1, 0.15) is 0 Å². The second kappa shape index (κ2) is 6.10. The Morgan fingerprint density at radius 1 is 1.29 bits per heavy atom. The second-order valence-corrected chi connectivity index (χ2v) is 6.22. The molecule has 0 radical (unpaired) electrons. The lowest BCUT2D eigenvalue weighted by atomic mass is 9.84. The lowest BCUT2D eigenvalue weighted by molar-refractivity contribution is 0.328. The SMILES string of the molecule is CC(Nc1ccc(Br)c(Cl)c1)C1CCCCC1. The first kappa shape index (κ1) is 13.2. The Labute approximate surface area is 117 Å². The fourth-order valence-electron chi connectivity index (χ4n) is 2.60. The summed E-state index contributed by atoms with van der Waals surface area (Å²) in [4.78, 5) is 0. The van der Waals surface area contributed by atoms with Gasteiger partial charge in [0.15, 0.2) is 0 Å². The third kappa shape index (κ3) is 3.62. The van der Waals surface area contributed by atoms with Crippen LogP contribution in [0.3, 0.4) is 0 Å². The summed E-state index contributed by atoms with van der Waals surface area (Å²) in [5, 5.41) is 4.34. The predicted molar refractivity (Wildman–Crippen MR) is 78.8 cm³/mol. The van der Waals surface area contributed by atoms with Gasteiger partial charge in [0.25, 0.3) is 0 Å². The molecule has 0 bridgehead atoms. The van der Waals surface area contributed by atoms with Crippen LogP contribution in [0, 0.1) is 5.92 Å². The molecule has 0 saturated heterocycles. The average molecular weight is 317 g/mol. The highest BCUT2D eigenvalue weighted by atomic mass is 79.9. The summed E-state index contributed by atoms with van der Waals surface area (Å²) in [6, 6.07) is 6.60. The molecule has 1 N–H and O–H groups in total. The monoisotopic (exact) mass is 315 g/mol. The van der Waals surface area contributed by atoms with Crippen molar-refractivity contribution >= 4 is 33.2 Å². The zero-order valence-corrected chi connectivity index (χ0v) is 12.5. The summed E-state index contributed by atoms with van der Waals surface area (Å²) in [6.07, 6.45) is 6.90. The van der Waals surface area contributed by atoms with E-state index in [0.29, 0.717) is 6.04 Å². The summed E-state index contributed by atoms with van der Waals surface area (Å²) in [5.41, 5.74) is 1.12. The summed E-state index contributed by atoms with van der Waals surface area (Å²) in [7, 11) is 0. The van der Waals surface area contributed by atoms with Crippen molar-refractivity contribution in [2.45, 2.75) is 45.1 Å². The number of anilines is 1.